The van der Waals surface area contributed by atoms with E-state index in [0.29, 0.717) is 17.1 Å². The number of carbonyl (C=O) groups excluding carboxylic acids is 1. The Hall–Kier alpha value is -1.13. The predicted octanol–water partition coefficient (Wildman–Crippen LogP) is 4.78. The number of unbranched alkanes of at least 4 members (excludes halogenated alkanes) is 1. The van der Waals surface area contributed by atoms with Crippen LogP contribution in [-0.4, -0.2) is 10.9 Å². The fourth-order valence-electron chi connectivity index (χ4n) is 1.77. The molecule has 0 bridgehead atoms. The van der Waals surface area contributed by atoms with Crippen molar-refractivity contribution in [1.82, 2.24) is 4.98 Å². The fourth-order valence-corrected chi connectivity index (χ4v) is 2.38. The minimum atomic E-state index is -0.0259. The van der Waals surface area contributed by atoms with Gasteiger partial charge in [0.15, 0.2) is 0 Å². The second-order valence-electron chi connectivity index (χ2n) is 4.30. The Kier molecular flexibility index (Phi) is 4.77. The molecule has 0 saturated carbocycles. The first kappa shape index (κ1) is 14.3. The highest BCUT2D eigenvalue weighted by Gasteiger charge is 2.09. The lowest BCUT2D eigenvalue weighted by molar-refractivity contribution is -0.116. The van der Waals surface area contributed by atoms with Crippen molar-refractivity contribution in [3.63, 3.8) is 0 Å². The lowest BCUT2D eigenvalue weighted by atomic mass is 10.2. The van der Waals surface area contributed by atoms with Gasteiger partial charge in [0.05, 0.1) is 22.4 Å². The van der Waals surface area contributed by atoms with E-state index >= 15 is 0 Å². The molecule has 0 unspecified atom stereocenters. The second kappa shape index (κ2) is 6.35. The first-order chi connectivity index (χ1) is 9.11. The third-order valence-electron chi connectivity index (χ3n) is 2.80. The molecule has 0 fully saturated rings. The minimum Gasteiger partial charge on any atom is -0.323 e. The second-order valence-corrected chi connectivity index (χ2v) is 5.59. The summed E-state index contributed by atoms with van der Waals surface area (Å²) < 4.78 is 0.947. The molecule has 5 heteroatoms. The average molecular weight is 342 g/mol. The van der Waals surface area contributed by atoms with Crippen LogP contribution in [0.2, 0.25) is 5.02 Å². The van der Waals surface area contributed by atoms with Crippen LogP contribution in [-0.2, 0) is 4.79 Å². The summed E-state index contributed by atoms with van der Waals surface area (Å²) >= 11 is 9.69. The Morgan fingerprint density at radius 1 is 1.47 bits per heavy atom. The minimum absolute atomic E-state index is 0.0259. The van der Waals surface area contributed by atoms with Gasteiger partial charge in [-0.05, 0) is 18.6 Å². The van der Waals surface area contributed by atoms with E-state index in [-0.39, 0.29) is 5.91 Å². The summed E-state index contributed by atoms with van der Waals surface area (Å²) in [7, 11) is 0. The SMILES string of the molecule is CCCCC(=O)Nc1cnc2cc(Br)ccc2c1Cl. The smallest absolute Gasteiger partial charge is 0.224 e. The first-order valence-electron chi connectivity index (χ1n) is 6.15. The van der Waals surface area contributed by atoms with E-state index in [9.17, 15) is 4.79 Å². The number of hydrogen-bond donors (Lipinski definition) is 1. The monoisotopic (exact) mass is 340 g/mol. The van der Waals surface area contributed by atoms with Gasteiger partial charge in [-0.3, -0.25) is 9.78 Å². The summed E-state index contributed by atoms with van der Waals surface area (Å²) in [6.45, 7) is 2.05. The molecule has 1 aromatic carbocycles. The molecule has 3 nitrogen and oxygen atoms in total. The molecule has 0 saturated heterocycles. The van der Waals surface area contributed by atoms with Crippen molar-refractivity contribution < 1.29 is 4.79 Å². The van der Waals surface area contributed by atoms with E-state index < -0.39 is 0 Å². The number of fused-ring (bicyclic) bond motifs is 1. The average Bonchev–Trinajstić information content (AvgIpc) is 2.39. The molecule has 0 aliphatic carbocycles. The van der Waals surface area contributed by atoms with Crippen molar-refractivity contribution in [2.75, 3.05) is 5.32 Å². The molecule has 1 amide bonds. The summed E-state index contributed by atoms with van der Waals surface area (Å²) in [5, 5.41) is 4.17. The number of nitrogens with zero attached hydrogens (tertiary/aromatic N) is 1. The third kappa shape index (κ3) is 3.45. The molecule has 0 aliphatic heterocycles. The van der Waals surface area contributed by atoms with Gasteiger partial charge in [0.2, 0.25) is 5.91 Å². The van der Waals surface area contributed by atoms with Crippen LogP contribution in [0, 0.1) is 0 Å². The molecule has 1 N–H and O–H groups in total. The molecule has 100 valence electrons. The predicted molar refractivity (Wildman–Crippen MR) is 82.6 cm³/mol. The van der Waals surface area contributed by atoms with Crippen LogP contribution in [0.15, 0.2) is 28.9 Å². The highest BCUT2D eigenvalue weighted by atomic mass is 79.9. The normalized spacial score (nSPS) is 10.7. The van der Waals surface area contributed by atoms with Crippen LogP contribution in [0.25, 0.3) is 10.9 Å². The van der Waals surface area contributed by atoms with Gasteiger partial charge in [0.25, 0.3) is 0 Å². The molecule has 1 aromatic heterocycles. The molecule has 0 spiro atoms. The Morgan fingerprint density at radius 2 is 2.26 bits per heavy atom. The summed E-state index contributed by atoms with van der Waals surface area (Å²) in [5.74, 6) is -0.0259. The number of hydrogen-bond acceptors (Lipinski definition) is 2. The molecule has 0 radical (unpaired) electrons. The number of aromatic nitrogens is 1. The maximum atomic E-state index is 11.7. The van der Waals surface area contributed by atoms with Crippen molar-refractivity contribution in [3.8, 4) is 0 Å². The van der Waals surface area contributed by atoms with Crippen molar-refractivity contribution in [3.05, 3.63) is 33.9 Å². The Morgan fingerprint density at radius 3 is 3.00 bits per heavy atom. The van der Waals surface area contributed by atoms with Crippen molar-refractivity contribution in [2.24, 2.45) is 0 Å². The van der Waals surface area contributed by atoms with E-state index in [1.807, 2.05) is 18.2 Å². The van der Waals surface area contributed by atoms with Crippen molar-refractivity contribution >= 4 is 50.0 Å². The zero-order valence-electron chi connectivity index (χ0n) is 10.5. The standard InChI is InChI=1S/C14H14BrClN2O/c1-2-3-4-13(19)18-12-8-17-11-7-9(15)5-6-10(11)14(12)16/h5-8H,2-4H2,1H3,(H,18,19). The van der Waals surface area contributed by atoms with Crippen LogP contribution in [0.3, 0.4) is 0 Å². The third-order valence-corrected chi connectivity index (χ3v) is 3.70. The van der Waals surface area contributed by atoms with Gasteiger partial charge in [-0.25, -0.2) is 0 Å². The van der Waals surface area contributed by atoms with Crippen LogP contribution < -0.4 is 5.32 Å². The lowest BCUT2D eigenvalue weighted by Gasteiger charge is -2.09. The maximum Gasteiger partial charge on any atom is 0.224 e. The van der Waals surface area contributed by atoms with Crippen molar-refractivity contribution in [1.29, 1.82) is 0 Å². The fraction of sp³-hybridized carbons (Fsp3) is 0.286. The summed E-state index contributed by atoms with van der Waals surface area (Å²) in [6.07, 6.45) is 3.97. The molecular weight excluding hydrogens is 328 g/mol. The van der Waals surface area contributed by atoms with Gasteiger partial charge in [-0.1, -0.05) is 46.9 Å². The van der Waals surface area contributed by atoms with Crippen molar-refractivity contribution in [2.45, 2.75) is 26.2 Å². The molecule has 2 rings (SSSR count). The van der Waals surface area contributed by atoms with Gasteiger partial charge in [0.1, 0.15) is 0 Å². The van der Waals surface area contributed by atoms with E-state index in [1.54, 1.807) is 6.20 Å². The molecule has 2 aromatic rings. The zero-order valence-corrected chi connectivity index (χ0v) is 12.9. The van der Waals surface area contributed by atoms with Gasteiger partial charge in [-0.15, -0.1) is 0 Å². The number of halogens is 2. The summed E-state index contributed by atoms with van der Waals surface area (Å²) in [6, 6.07) is 5.68. The number of rotatable bonds is 4. The Labute approximate surface area is 125 Å². The number of nitrogens with one attached hydrogen (secondary N) is 1. The number of benzene rings is 1. The van der Waals surface area contributed by atoms with Gasteiger partial charge in [-0.2, -0.15) is 0 Å². The summed E-state index contributed by atoms with van der Waals surface area (Å²) in [4.78, 5) is 16.0. The van der Waals surface area contributed by atoms with Crippen LogP contribution in [0.4, 0.5) is 5.69 Å². The Balaban J connectivity index is 2.27. The number of anilines is 1. The van der Waals surface area contributed by atoms with Gasteiger partial charge < -0.3 is 5.32 Å². The van der Waals surface area contributed by atoms with E-state index in [1.165, 1.54) is 0 Å². The molecule has 0 atom stereocenters. The van der Waals surface area contributed by atoms with Crippen LogP contribution in [0.5, 0.6) is 0 Å². The van der Waals surface area contributed by atoms with Crippen LogP contribution in [0.1, 0.15) is 26.2 Å². The zero-order chi connectivity index (χ0) is 13.8. The highest BCUT2D eigenvalue weighted by molar-refractivity contribution is 9.10. The van der Waals surface area contributed by atoms with Gasteiger partial charge in [0, 0.05) is 16.3 Å². The maximum absolute atomic E-state index is 11.7. The summed E-state index contributed by atoms with van der Waals surface area (Å²) in [5.41, 5.74) is 1.36. The molecule has 1 heterocycles. The quantitative estimate of drug-likeness (QED) is 0.869. The van der Waals surface area contributed by atoms with Crippen LogP contribution >= 0.6 is 27.5 Å². The van der Waals surface area contributed by atoms with Gasteiger partial charge >= 0.3 is 0 Å². The first-order valence-corrected chi connectivity index (χ1v) is 7.32. The number of pyridine rings is 1. The lowest BCUT2D eigenvalue weighted by Crippen LogP contribution is -2.11. The van der Waals surface area contributed by atoms with E-state index in [4.69, 9.17) is 11.6 Å². The number of carbonyl (C=O) groups is 1. The molecule has 19 heavy (non-hydrogen) atoms. The van der Waals surface area contributed by atoms with E-state index in [0.717, 1.165) is 28.2 Å². The molecular formula is C14H14BrClN2O. The molecule has 0 aliphatic rings. The topological polar surface area (TPSA) is 42.0 Å². The van der Waals surface area contributed by atoms with E-state index in [2.05, 4.69) is 33.2 Å². The number of amides is 1. The Bertz CT molecular complexity index is 616. The largest absolute Gasteiger partial charge is 0.323 e. The highest BCUT2D eigenvalue weighted by Crippen LogP contribution is 2.30.